The minimum atomic E-state index is -0.598. The SMILES string of the molecule is CC(C)[C@H](N)C(=O)NCC(=O)N(Cc1cccnc1)C(C)C. The van der Waals surface area contributed by atoms with E-state index in [1.54, 1.807) is 17.3 Å². The zero-order chi connectivity index (χ0) is 16.7. The van der Waals surface area contributed by atoms with Gasteiger partial charge in [0.2, 0.25) is 11.8 Å². The van der Waals surface area contributed by atoms with Gasteiger partial charge in [-0.2, -0.15) is 0 Å². The predicted octanol–water partition coefficient (Wildman–Crippen LogP) is 0.918. The number of carbonyl (C=O) groups is 2. The second-order valence-electron chi connectivity index (χ2n) is 5.96. The smallest absolute Gasteiger partial charge is 0.242 e. The molecule has 0 aliphatic carbocycles. The normalized spacial score (nSPS) is 12.3. The molecule has 0 unspecified atom stereocenters. The van der Waals surface area contributed by atoms with E-state index < -0.39 is 6.04 Å². The molecule has 1 aromatic heterocycles. The van der Waals surface area contributed by atoms with Crippen LogP contribution in [0.1, 0.15) is 33.3 Å². The zero-order valence-electron chi connectivity index (χ0n) is 13.7. The van der Waals surface area contributed by atoms with Crippen LogP contribution in [0.2, 0.25) is 0 Å². The molecule has 2 amide bonds. The van der Waals surface area contributed by atoms with E-state index in [2.05, 4.69) is 10.3 Å². The quantitative estimate of drug-likeness (QED) is 0.784. The van der Waals surface area contributed by atoms with Crippen LogP contribution in [0.15, 0.2) is 24.5 Å². The van der Waals surface area contributed by atoms with Crippen LogP contribution in [0.25, 0.3) is 0 Å². The van der Waals surface area contributed by atoms with Crippen LogP contribution in [0, 0.1) is 5.92 Å². The summed E-state index contributed by atoms with van der Waals surface area (Å²) < 4.78 is 0. The van der Waals surface area contributed by atoms with Crippen LogP contribution in [0.3, 0.4) is 0 Å². The first-order chi connectivity index (χ1) is 10.3. The minimum Gasteiger partial charge on any atom is -0.346 e. The first kappa shape index (κ1) is 18.1. The molecule has 6 nitrogen and oxygen atoms in total. The molecule has 0 bridgehead atoms. The van der Waals surface area contributed by atoms with Crippen molar-refractivity contribution in [3.8, 4) is 0 Å². The zero-order valence-corrected chi connectivity index (χ0v) is 13.7. The maximum atomic E-state index is 12.3. The molecule has 122 valence electrons. The lowest BCUT2D eigenvalue weighted by Gasteiger charge is -2.27. The van der Waals surface area contributed by atoms with Gasteiger partial charge in [-0.3, -0.25) is 14.6 Å². The first-order valence-corrected chi connectivity index (χ1v) is 7.54. The number of hydrogen-bond acceptors (Lipinski definition) is 4. The summed E-state index contributed by atoms with van der Waals surface area (Å²) in [5, 5.41) is 2.61. The minimum absolute atomic E-state index is 0.0309. The van der Waals surface area contributed by atoms with Crippen LogP contribution in [0.4, 0.5) is 0 Å². The molecule has 22 heavy (non-hydrogen) atoms. The van der Waals surface area contributed by atoms with E-state index in [0.29, 0.717) is 6.54 Å². The summed E-state index contributed by atoms with van der Waals surface area (Å²) in [6.45, 7) is 8.05. The summed E-state index contributed by atoms with van der Waals surface area (Å²) in [5.74, 6) is -0.400. The van der Waals surface area contributed by atoms with Gasteiger partial charge < -0.3 is 16.0 Å². The molecule has 3 N–H and O–H groups in total. The third kappa shape index (κ3) is 5.44. The van der Waals surface area contributed by atoms with Crippen molar-refractivity contribution in [1.29, 1.82) is 0 Å². The average Bonchev–Trinajstić information content (AvgIpc) is 2.49. The van der Waals surface area contributed by atoms with Gasteiger partial charge in [0.1, 0.15) is 0 Å². The van der Waals surface area contributed by atoms with Crippen molar-refractivity contribution in [2.45, 2.75) is 46.3 Å². The van der Waals surface area contributed by atoms with Crippen LogP contribution < -0.4 is 11.1 Å². The Balaban J connectivity index is 2.61. The number of nitrogens with one attached hydrogen (secondary N) is 1. The van der Waals surface area contributed by atoms with E-state index in [-0.39, 0.29) is 30.3 Å². The van der Waals surface area contributed by atoms with E-state index in [9.17, 15) is 9.59 Å². The monoisotopic (exact) mass is 306 g/mol. The highest BCUT2D eigenvalue weighted by Gasteiger charge is 2.21. The van der Waals surface area contributed by atoms with Crippen molar-refractivity contribution in [2.24, 2.45) is 11.7 Å². The van der Waals surface area contributed by atoms with E-state index in [4.69, 9.17) is 5.73 Å². The highest BCUT2D eigenvalue weighted by Crippen LogP contribution is 2.07. The molecule has 1 rings (SSSR count). The third-order valence-electron chi connectivity index (χ3n) is 3.45. The largest absolute Gasteiger partial charge is 0.346 e. The molecule has 1 atom stereocenters. The second kappa shape index (κ2) is 8.48. The lowest BCUT2D eigenvalue weighted by Crippen LogP contribution is -2.48. The van der Waals surface area contributed by atoms with Gasteiger partial charge in [0, 0.05) is 25.0 Å². The standard InChI is InChI=1S/C16H26N4O2/c1-11(2)15(17)16(22)19-9-14(21)20(12(3)4)10-13-6-5-7-18-8-13/h5-8,11-12,15H,9-10,17H2,1-4H3,(H,19,22)/t15-/m0/s1. The van der Waals surface area contributed by atoms with E-state index in [0.717, 1.165) is 5.56 Å². The topological polar surface area (TPSA) is 88.3 Å². The number of pyridine rings is 1. The van der Waals surface area contributed by atoms with Gasteiger partial charge in [-0.1, -0.05) is 19.9 Å². The van der Waals surface area contributed by atoms with Gasteiger partial charge in [0.05, 0.1) is 12.6 Å². The predicted molar refractivity (Wildman–Crippen MR) is 85.7 cm³/mol. The lowest BCUT2D eigenvalue weighted by atomic mass is 10.1. The lowest BCUT2D eigenvalue weighted by molar-refractivity contribution is -0.135. The van der Waals surface area contributed by atoms with E-state index >= 15 is 0 Å². The maximum absolute atomic E-state index is 12.3. The van der Waals surface area contributed by atoms with Crippen molar-refractivity contribution in [3.05, 3.63) is 30.1 Å². The van der Waals surface area contributed by atoms with Gasteiger partial charge in [-0.05, 0) is 31.4 Å². The van der Waals surface area contributed by atoms with Crippen molar-refractivity contribution in [1.82, 2.24) is 15.2 Å². The van der Waals surface area contributed by atoms with Crippen LogP contribution in [-0.4, -0.2) is 40.3 Å². The van der Waals surface area contributed by atoms with Gasteiger partial charge in [-0.25, -0.2) is 0 Å². The van der Waals surface area contributed by atoms with Crippen LogP contribution >= 0.6 is 0 Å². The second-order valence-corrected chi connectivity index (χ2v) is 5.96. The molecule has 0 aromatic carbocycles. The Morgan fingerprint density at radius 2 is 2.00 bits per heavy atom. The van der Waals surface area contributed by atoms with Crippen molar-refractivity contribution in [3.63, 3.8) is 0 Å². The highest BCUT2D eigenvalue weighted by molar-refractivity contribution is 5.87. The first-order valence-electron chi connectivity index (χ1n) is 7.54. The van der Waals surface area contributed by atoms with Gasteiger partial charge in [0.15, 0.2) is 0 Å². The van der Waals surface area contributed by atoms with Gasteiger partial charge in [-0.15, -0.1) is 0 Å². The Bertz CT molecular complexity index is 488. The third-order valence-corrected chi connectivity index (χ3v) is 3.45. The summed E-state index contributed by atoms with van der Waals surface area (Å²) in [7, 11) is 0. The molecule has 0 aliphatic rings. The number of amides is 2. The maximum Gasteiger partial charge on any atom is 0.242 e. The summed E-state index contributed by atoms with van der Waals surface area (Å²) in [4.78, 5) is 29.9. The van der Waals surface area contributed by atoms with Crippen LogP contribution in [-0.2, 0) is 16.1 Å². The van der Waals surface area contributed by atoms with Crippen LogP contribution in [0.5, 0.6) is 0 Å². The van der Waals surface area contributed by atoms with Crippen molar-refractivity contribution < 1.29 is 9.59 Å². The molecule has 0 aliphatic heterocycles. The van der Waals surface area contributed by atoms with E-state index in [1.807, 2.05) is 39.8 Å². The molecule has 0 saturated carbocycles. The fraction of sp³-hybridized carbons (Fsp3) is 0.562. The Kier molecular flexibility index (Phi) is 6.98. The Morgan fingerprint density at radius 3 is 2.50 bits per heavy atom. The summed E-state index contributed by atoms with van der Waals surface area (Å²) in [5.41, 5.74) is 6.71. The fourth-order valence-corrected chi connectivity index (χ4v) is 1.93. The van der Waals surface area contributed by atoms with Crippen molar-refractivity contribution >= 4 is 11.8 Å². The van der Waals surface area contributed by atoms with E-state index in [1.165, 1.54) is 0 Å². The molecule has 0 fully saturated rings. The molecule has 0 saturated heterocycles. The van der Waals surface area contributed by atoms with Gasteiger partial charge in [0.25, 0.3) is 0 Å². The Morgan fingerprint density at radius 1 is 1.32 bits per heavy atom. The van der Waals surface area contributed by atoms with Crippen molar-refractivity contribution in [2.75, 3.05) is 6.54 Å². The molecule has 6 heteroatoms. The number of carbonyl (C=O) groups excluding carboxylic acids is 2. The number of nitrogens with zero attached hydrogens (tertiary/aromatic N) is 2. The molecule has 0 spiro atoms. The van der Waals surface area contributed by atoms with Gasteiger partial charge >= 0.3 is 0 Å². The average molecular weight is 306 g/mol. The number of hydrogen-bond donors (Lipinski definition) is 2. The molecule has 1 aromatic rings. The Labute approximate surface area is 132 Å². The molecule has 0 radical (unpaired) electrons. The summed E-state index contributed by atoms with van der Waals surface area (Å²) in [6, 6.07) is 3.19. The molecular weight excluding hydrogens is 280 g/mol. The molecule has 1 heterocycles. The Hall–Kier alpha value is -1.95. The number of rotatable bonds is 7. The fourth-order valence-electron chi connectivity index (χ4n) is 1.93. The highest BCUT2D eigenvalue weighted by atomic mass is 16.2. The number of aromatic nitrogens is 1. The number of nitrogens with two attached hydrogens (primary N) is 1. The summed E-state index contributed by atoms with van der Waals surface area (Å²) >= 11 is 0. The summed E-state index contributed by atoms with van der Waals surface area (Å²) in [6.07, 6.45) is 3.43. The molecular formula is C16H26N4O2.